The molecule has 1 aromatic carbocycles. The van der Waals surface area contributed by atoms with Gasteiger partial charge in [0.05, 0.1) is 12.1 Å². The van der Waals surface area contributed by atoms with Crippen LogP contribution in [0.15, 0.2) is 28.7 Å². The molecule has 4 heteroatoms. The minimum atomic E-state index is -0.253. The van der Waals surface area contributed by atoms with E-state index in [1.165, 1.54) is 12.1 Å². The van der Waals surface area contributed by atoms with Crippen LogP contribution in [0.5, 0.6) is 0 Å². The van der Waals surface area contributed by atoms with Gasteiger partial charge >= 0.3 is 0 Å². The molecule has 110 valence electrons. The number of fused-ring (bicyclic) bond motifs is 1. The van der Waals surface area contributed by atoms with Crippen molar-refractivity contribution in [3.05, 3.63) is 35.8 Å². The molecule has 0 amide bonds. The molecule has 0 aliphatic carbocycles. The summed E-state index contributed by atoms with van der Waals surface area (Å²) >= 11 is 0. The van der Waals surface area contributed by atoms with Crippen molar-refractivity contribution in [1.29, 1.82) is 0 Å². The van der Waals surface area contributed by atoms with Crippen LogP contribution in [-0.4, -0.2) is 19.8 Å². The van der Waals surface area contributed by atoms with Crippen molar-refractivity contribution in [2.45, 2.75) is 32.9 Å². The lowest BCUT2D eigenvalue weighted by atomic mass is 9.97. The van der Waals surface area contributed by atoms with E-state index in [2.05, 4.69) is 19.2 Å². The van der Waals surface area contributed by atoms with E-state index in [4.69, 9.17) is 9.15 Å². The highest BCUT2D eigenvalue weighted by molar-refractivity contribution is 5.78. The van der Waals surface area contributed by atoms with E-state index >= 15 is 0 Å². The molecule has 1 N–H and O–H groups in total. The van der Waals surface area contributed by atoms with Gasteiger partial charge in [0.25, 0.3) is 0 Å². The van der Waals surface area contributed by atoms with Gasteiger partial charge in [0.15, 0.2) is 0 Å². The number of ether oxygens (including phenoxy) is 1. The Kier molecular flexibility index (Phi) is 4.78. The van der Waals surface area contributed by atoms with Crippen LogP contribution in [0, 0.1) is 11.7 Å². The molecular weight excluding hydrogens is 257 g/mol. The van der Waals surface area contributed by atoms with Gasteiger partial charge in [-0.3, -0.25) is 0 Å². The average Bonchev–Trinajstić information content (AvgIpc) is 2.80. The zero-order valence-electron chi connectivity index (χ0n) is 12.4. The normalized spacial score (nSPS) is 14.9. The highest BCUT2D eigenvalue weighted by Crippen LogP contribution is 2.29. The van der Waals surface area contributed by atoms with Crippen LogP contribution in [0.3, 0.4) is 0 Å². The van der Waals surface area contributed by atoms with Crippen molar-refractivity contribution in [1.82, 2.24) is 5.32 Å². The molecule has 0 saturated heterocycles. The average molecular weight is 279 g/mol. The highest BCUT2D eigenvalue weighted by Gasteiger charge is 2.28. The Morgan fingerprint density at radius 1 is 1.30 bits per heavy atom. The van der Waals surface area contributed by atoms with Gasteiger partial charge in [-0.2, -0.15) is 0 Å². The van der Waals surface area contributed by atoms with Crippen LogP contribution in [0.2, 0.25) is 0 Å². The van der Waals surface area contributed by atoms with Crippen LogP contribution < -0.4 is 5.32 Å². The summed E-state index contributed by atoms with van der Waals surface area (Å²) < 4.78 is 24.7. The lowest BCUT2D eigenvalue weighted by Crippen LogP contribution is -2.36. The van der Waals surface area contributed by atoms with E-state index < -0.39 is 0 Å². The van der Waals surface area contributed by atoms with Crippen LogP contribution in [-0.2, 0) is 4.74 Å². The zero-order chi connectivity index (χ0) is 14.7. The molecule has 1 aromatic heterocycles. The molecule has 0 aliphatic rings. The predicted octanol–water partition coefficient (Wildman–Crippen LogP) is 3.89. The Morgan fingerprint density at radius 3 is 2.65 bits per heavy atom. The van der Waals surface area contributed by atoms with E-state index in [1.807, 2.05) is 13.0 Å². The molecule has 3 nitrogen and oxygen atoms in total. The molecule has 2 rings (SSSR count). The Labute approximate surface area is 119 Å². The largest absolute Gasteiger partial charge is 0.459 e. The third kappa shape index (κ3) is 3.02. The fourth-order valence-corrected chi connectivity index (χ4v) is 2.58. The lowest BCUT2D eigenvalue weighted by molar-refractivity contribution is 0.0274. The van der Waals surface area contributed by atoms with Crippen LogP contribution in [0.25, 0.3) is 11.0 Å². The van der Waals surface area contributed by atoms with E-state index in [0.29, 0.717) is 11.5 Å². The first-order valence-electron chi connectivity index (χ1n) is 7.02. The highest BCUT2D eigenvalue weighted by atomic mass is 19.1. The number of hydrogen-bond donors (Lipinski definition) is 1. The quantitative estimate of drug-likeness (QED) is 0.871. The zero-order valence-corrected chi connectivity index (χ0v) is 12.4. The van der Waals surface area contributed by atoms with Gasteiger partial charge in [-0.05, 0) is 36.7 Å². The summed E-state index contributed by atoms with van der Waals surface area (Å²) in [5, 5.41) is 4.17. The Balaban J connectivity index is 2.40. The summed E-state index contributed by atoms with van der Waals surface area (Å²) in [4.78, 5) is 0. The summed E-state index contributed by atoms with van der Waals surface area (Å²) in [6.07, 6.45) is 0.000333. The number of benzene rings is 1. The molecule has 2 unspecified atom stereocenters. The number of hydrogen-bond acceptors (Lipinski definition) is 3. The summed E-state index contributed by atoms with van der Waals surface area (Å²) in [5.41, 5.74) is 0.697. The molecule has 2 atom stereocenters. The number of furan rings is 1. The second-order valence-electron chi connectivity index (χ2n) is 5.31. The SMILES string of the molecule is CCNC(c1cc2cc(F)ccc2o1)C(OC)C(C)C. The van der Waals surface area contributed by atoms with Gasteiger partial charge in [-0.25, -0.2) is 4.39 Å². The van der Waals surface area contributed by atoms with Gasteiger partial charge in [0.1, 0.15) is 17.2 Å². The number of rotatable bonds is 6. The van der Waals surface area contributed by atoms with Gasteiger partial charge in [0, 0.05) is 12.5 Å². The maximum Gasteiger partial charge on any atom is 0.134 e. The first-order valence-corrected chi connectivity index (χ1v) is 7.02. The van der Waals surface area contributed by atoms with Crippen molar-refractivity contribution in [3.63, 3.8) is 0 Å². The van der Waals surface area contributed by atoms with E-state index in [-0.39, 0.29) is 18.0 Å². The topological polar surface area (TPSA) is 34.4 Å². The molecule has 0 bridgehead atoms. The Hall–Kier alpha value is -1.39. The second kappa shape index (κ2) is 6.37. The van der Waals surface area contributed by atoms with Crippen molar-refractivity contribution >= 4 is 11.0 Å². The van der Waals surface area contributed by atoms with Crippen molar-refractivity contribution in [3.8, 4) is 0 Å². The maximum atomic E-state index is 13.3. The third-order valence-electron chi connectivity index (χ3n) is 3.49. The van der Waals surface area contributed by atoms with Crippen molar-refractivity contribution < 1.29 is 13.5 Å². The standard InChI is InChI=1S/C16H22FNO2/c1-5-18-15(16(19-4)10(2)3)14-9-11-8-12(17)6-7-13(11)20-14/h6-10,15-16,18H,5H2,1-4H3. The molecule has 0 radical (unpaired) electrons. The van der Waals surface area contributed by atoms with Crippen molar-refractivity contribution in [2.24, 2.45) is 5.92 Å². The van der Waals surface area contributed by atoms with Crippen LogP contribution in [0.4, 0.5) is 4.39 Å². The minimum absolute atomic E-state index is 0.000333. The predicted molar refractivity (Wildman–Crippen MR) is 78.2 cm³/mol. The number of halogens is 1. The van der Waals surface area contributed by atoms with Crippen LogP contribution in [0.1, 0.15) is 32.6 Å². The number of likely N-dealkylation sites (N-methyl/N-ethyl adjacent to an activating group) is 1. The number of nitrogens with one attached hydrogen (secondary N) is 1. The molecular formula is C16H22FNO2. The minimum Gasteiger partial charge on any atom is -0.459 e. The molecule has 0 aliphatic heterocycles. The first-order chi connectivity index (χ1) is 9.56. The molecule has 20 heavy (non-hydrogen) atoms. The summed E-state index contributed by atoms with van der Waals surface area (Å²) in [5.74, 6) is 0.874. The van der Waals surface area contributed by atoms with E-state index in [0.717, 1.165) is 17.7 Å². The van der Waals surface area contributed by atoms with Gasteiger partial charge in [-0.15, -0.1) is 0 Å². The molecule has 2 aromatic rings. The van der Waals surface area contributed by atoms with Crippen molar-refractivity contribution in [2.75, 3.05) is 13.7 Å². The maximum absolute atomic E-state index is 13.3. The second-order valence-corrected chi connectivity index (χ2v) is 5.31. The first kappa shape index (κ1) is 15.0. The Bertz CT molecular complexity index is 565. The molecule has 1 heterocycles. The number of methoxy groups -OCH3 is 1. The van der Waals surface area contributed by atoms with E-state index in [1.54, 1.807) is 13.2 Å². The smallest absolute Gasteiger partial charge is 0.134 e. The third-order valence-corrected chi connectivity index (χ3v) is 3.49. The Morgan fingerprint density at radius 2 is 2.05 bits per heavy atom. The van der Waals surface area contributed by atoms with Gasteiger partial charge in [-0.1, -0.05) is 20.8 Å². The van der Waals surface area contributed by atoms with E-state index in [9.17, 15) is 4.39 Å². The van der Waals surface area contributed by atoms with Crippen LogP contribution >= 0.6 is 0 Å². The fraction of sp³-hybridized carbons (Fsp3) is 0.500. The molecule has 0 fully saturated rings. The summed E-state index contributed by atoms with van der Waals surface area (Å²) in [6.45, 7) is 7.08. The monoisotopic (exact) mass is 279 g/mol. The lowest BCUT2D eigenvalue weighted by Gasteiger charge is -2.28. The molecule has 0 spiro atoms. The fourth-order valence-electron chi connectivity index (χ4n) is 2.58. The summed E-state index contributed by atoms with van der Waals surface area (Å²) in [6, 6.07) is 6.41. The van der Waals surface area contributed by atoms with Gasteiger partial charge in [0.2, 0.25) is 0 Å². The molecule has 0 saturated carbocycles. The summed E-state index contributed by atoms with van der Waals surface area (Å²) in [7, 11) is 1.71. The van der Waals surface area contributed by atoms with Gasteiger partial charge < -0.3 is 14.5 Å².